The standard InChI is InChI=1S/C25H15F8N3O/c1-36-20(15-8-12-17(27)13-9-15)35-23(24(28,29)30,25(31,32)33)22(36)34-21(37)19-5-3-2-4-18(19)14-6-10-16(26)11-7-14/h2-13H,1H3. The fraction of sp³-hybridized carbons (Fsp3) is 0.160. The lowest BCUT2D eigenvalue weighted by atomic mass is 9.96. The summed E-state index contributed by atoms with van der Waals surface area (Å²) in [6, 6.07) is 13.7. The lowest BCUT2D eigenvalue weighted by molar-refractivity contribution is -0.270. The normalized spacial score (nSPS) is 16.7. The highest BCUT2D eigenvalue weighted by Gasteiger charge is 2.78. The van der Waals surface area contributed by atoms with E-state index in [2.05, 4.69) is 9.98 Å². The minimum Gasteiger partial charge on any atom is -0.315 e. The highest BCUT2D eigenvalue weighted by molar-refractivity contribution is 6.21. The summed E-state index contributed by atoms with van der Waals surface area (Å²) in [5, 5.41) is 0. The molecule has 0 spiro atoms. The van der Waals surface area contributed by atoms with Gasteiger partial charge in [0.2, 0.25) is 0 Å². The number of benzene rings is 3. The van der Waals surface area contributed by atoms with E-state index < -0.39 is 47.1 Å². The van der Waals surface area contributed by atoms with Gasteiger partial charge in [-0.15, -0.1) is 0 Å². The van der Waals surface area contributed by atoms with Gasteiger partial charge in [-0.1, -0.05) is 30.3 Å². The van der Waals surface area contributed by atoms with E-state index in [0.29, 0.717) is 4.90 Å². The van der Waals surface area contributed by atoms with E-state index in [4.69, 9.17) is 0 Å². The first-order valence-corrected chi connectivity index (χ1v) is 10.5. The van der Waals surface area contributed by atoms with Crippen molar-refractivity contribution in [2.75, 3.05) is 7.05 Å². The van der Waals surface area contributed by atoms with E-state index in [1.54, 1.807) is 0 Å². The number of likely N-dealkylation sites (N-methyl/N-ethyl adjacent to an activating group) is 1. The maximum Gasteiger partial charge on any atom is 0.430 e. The van der Waals surface area contributed by atoms with Gasteiger partial charge in [-0.3, -0.25) is 4.79 Å². The van der Waals surface area contributed by atoms with Gasteiger partial charge in [-0.25, -0.2) is 13.8 Å². The molecule has 0 aliphatic carbocycles. The Kier molecular flexibility index (Phi) is 6.39. The van der Waals surface area contributed by atoms with E-state index in [-0.39, 0.29) is 22.3 Å². The number of amidine groups is 2. The molecule has 4 nitrogen and oxygen atoms in total. The minimum absolute atomic E-state index is 0.113. The Labute approximate surface area is 204 Å². The summed E-state index contributed by atoms with van der Waals surface area (Å²) >= 11 is 0. The zero-order valence-electron chi connectivity index (χ0n) is 18.7. The predicted octanol–water partition coefficient (Wildman–Crippen LogP) is 6.43. The molecular weight excluding hydrogens is 510 g/mol. The topological polar surface area (TPSA) is 45.0 Å². The zero-order chi connectivity index (χ0) is 27.2. The van der Waals surface area contributed by atoms with Crippen molar-refractivity contribution in [2.45, 2.75) is 17.9 Å². The van der Waals surface area contributed by atoms with Crippen molar-refractivity contribution in [3.05, 3.63) is 95.6 Å². The minimum atomic E-state index is -6.04. The highest BCUT2D eigenvalue weighted by Crippen LogP contribution is 2.50. The lowest BCUT2D eigenvalue weighted by Crippen LogP contribution is -2.61. The maximum atomic E-state index is 14.2. The monoisotopic (exact) mass is 525 g/mol. The van der Waals surface area contributed by atoms with Crippen LogP contribution in [0.1, 0.15) is 15.9 Å². The van der Waals surface area contributed by atoms with Crippen molar-refractivity contribution < 1.29 is 39.9 Å². The molecule has 1 aliphatic heterocycles. The van der Waals surface area contributed by atoms with Crippen LogP contribution in [-0.4, -0.2) is 47.4 Å². The van der Waals surface area contributed by atoms with Crippen LogP contribution in [0.5, 0.6) is 0 Å². The molecule has 1 heterocycles. The van der Waals surface area contributed by atoms with Crippen LogP contribution < -0.4 is 0 Å². The van der Waals surface area contributed by atoms with Crippen molar-refractivity contribution in [1.29, 1.82) is 0 Å². The van der Waals surface area contributed by atoms with Crippen LogP contribution in [0.15, 0.2) is 82.8 Å². The van der Waals surface area contributed by atoms with Gasteiger partial charge >= 0.3 is 17.9 Å². The molecule has 0 bridgehead atoms. The van der Waals surface area contributed by atoms with Crippen LogP contribution in [0.4, 0.5) is 35.1 Å². The van der Waals surface area contributed by atoms with Gasteiger partial charge < -0.3 is 4.90 Å². The molecule has 3 aromatic rings. The molecule has 0 unspecified atom stereocenters. The molecule has 0 fully saturated rings. The van der Waals surface area contributed by atoms with E-state index >= 15 is 0 Å². The smallest absolute Gasteiger partial charge is 0.315 e. The third kappa shape index (κ3) is 4.47. The van der Waals surface area contributed by atoms with Crippen LogP contribution in [0, 0.1) is 11.6 Å². The summed E-state index contributed by atoms with van der Waals surface area (Å²) in [4.78, 5) is 19.8. The Hall–Kier alpha value is -4.09. The van der Waals surface area contributed by atoms with Crippen LogP contribution in [0.25, 0.3) is 11.1 Å². The Balaban J connectivity index is 1.91. The molecule has 0 aromatic heterocycles. The predicted molar refractivity (Wildman–Crippen MR) is 119 cm³/mol. The lowest BCUT2D eigenvalue weighted by Gasteiger charge is -2.32. The second-order valence-corrected chi connectivity index (χ2v) is 8.00. The van der Waals surface area contributed by atoms with E-state index in [1.807, 2.05) is 0 Å². The molecule has 12 heteroatoms. The number of aliphatic imine (C=N–C) groups is 2. The van der Waals surface area contributed by atoms with Crippen LogP contribution in [-0.2, 0) is 0 Å². The van der Waals surface area contributed by atoms with Gasteiger partial charge in [-0.05, 0) is 53.6 Å². The number of carbonyl (C=O) groups excluding carboxylic acids is 1. The van der Waals surface area contributed by atoms with E-state index in [0.717, 1.165) is 43.4 Å². The molecule has 0 radical (unpaired) electrons. The quantitative estimate of drug-likeness (QED) is 0.370. The number of hydrogen-bond acceptors (Lipinski definition) is 2. The first-order chi connectivity index (χ1) is 17.3. The van der Waals surface area contributed by atoms with Crippen LogP contribution in [0.3, 0.4) is 0 Å². The summed E-state index contributed by atoms with van der Waals surface area (Å²) in [5.74, 6) is -5.30. The summed E-state index contributed by atoms with van der Waals surface area (Å²) in [5.41, 5.74) is -5.04. The summed E-state index contributed by atoms with van der Waals surface area (Å²) < 4.78 is 112. The van der Waals surface area contributed by atoms with Gasteiger partial charge in [0.1, 0.15) is 17.5 Å². The number of nitrogens with zero attached hydrogens (tertiary/aromatic N) is 3. The third-order valence-corrected chi connectivity index (χ3v) is 5.68. The van der Waals surface area contributed by atoms with Crippen LogP contribution in [0.2, 0.25) is 0 Å². The van der Waals surface area contributed by atoms with Gasteiger partial charge in [-0.2, -0.15) is 31.3 Å². The van der Waals surface area contributed by atoms with Crippen molar-refractivity contribution in [3.63, 3.8) is 0 Å². The number of alkyl halides is 6. The van der Waals surface area contributed by atoms with Gasteiger partial charge in [0, 0.05) is 18.2 Å². The molecule has 0 N–H and O–H groups in total. The molecule has 1 aliphatic rings. The molecule has 4 rings (SSSR count). The third-order valence-electron chi connectivity index (χ3n) is 5.68. The molecule has 3 aromatic carbocycles. The Morgan fingerprint density at radius 2 is 1.27 bits per heavy atom. The Morgan fingerprint density at radius 3 is 1.78 bits per heavy atom. The summed E-state index contributed by atoms with van der Waals surface area (Å²) in [7, 11) is 0.847. The molecule has 0 saturated heterocycles. The molecule has 0 atom stereocenters. The van der Waals surface area contributed by atoms with Gasteiger partial charge in [0.05, 0.1) is 0 Å². The van der Waals surface area contributed by atoms with E-state index in [1.165, 1.54) is 36.4 Å². The second-order valence-electron chi connectivity index (χ2n) is 8.00. The Bertz CT molecular complexity index is 1380. The summed E-state index contributed by atoms with van der Waals surface area (Å²) in [6.45, 7) is 0. The maximum absolute atomic E-state index is 14.2. The molecule has 192 valence electrons. The fourth-order valence-corrected chi connectivity index (χ4v) is 3.89. The van der Waals surface area contributed by atoms with Crippen molar-refractivity contribution in [3.8, 4) is 11.1 Å². The number of carbonyl (C=O) groups is 1. The first-order valence-electron chi connectivity index (χ1n) is 10.5. The average molecular weight is 525 g/mol. The van der Waals surface area contributed by atoms with Gasteiger partial charge in [0.25, 0.3) is 5.91 Å². The SMILES string of the molecule is CN1C(c2ccc(F)cc2)=NC(C(F)(F)F)(C(F)(F)F)C1=NC(=O)c1ccccc1-c1ccc(F)cc1. The molecule has 1 amide bonds. The van der Waals surface area contributed by atoms with Crippen molar-refractivity contribution >= 4 is 17.6 Å². The van der Waals surface area contributed by atoms with Crippen molar-refractivity contribution in [1.82, 2.24) is 4.90 Å². The first kappa shape index (κ1) is 26.0. The average Bonchev–Trinajstić information content (AvgIpc) is 3.13. The number of rotatable bonds is 3. The number of amides is 1. The number of hydrogen-bond donors (Lipinski definition) is 0. The fourth-order valence-electron chi connectivity index (χ4n) is 3.89. The van der Waals surface area contributed by atoms with E-state index in [9.17, 15) is 39.9 Å². The number of halogens is 8. The molecule has 0 saturated carbocycles. The van der Waals surface area contributed by atoms with Crippen molar-refractivity contribution in [2.24, 2.45) is 9.98 Å². The molecular formula is C25H15F8N3O. The molecule has 37 heavy (non-hydrogen) atoms. The largest absolute Gasteiger partial charge is 0.430 e. The second kappa shape index (κ2) is 9.09. The highest BCUT2D eigenvalue weighted by atomic mass is 19.4. The van der Waals surface area contributed by atoms with Crippen LogP contribution >= 0.6 is 0 Å². The Morgan fingerprint density at radius 1 is 0.784 bits per heavy atom. The zero-order valence-corrected chi connectivity index (χ0v) is 18.7. The summed E-state index contributed by atoms with van der Waals surface area (Å²) in [6.07, 6.45) is -12.1. The van der Waals surface area contributed by atoms with Gasteiger partial charge in [0.15, 0.2) is 5.84 Å².